The number of hydrogen-bond donors (Lipinski definition) is 0. The molecule has 2 atom stereocenters. The molecule has 2 bridgehead atoms. The third-order valence-electron chi connectivity index (χ3n) is 5.28. The van der Waals surface area contributed by atoms with E-state index in [1.54, 1.807) is 17.1 Å². The Morgan fingerprint density at radius 2 is 2.18 bits per heavy atom. The summed E-state index contributed by atoms with van der Waals surface area (Å²) < 4.78 is 6.61. The SMILES string of the molecule is Cn1cc(-c2ncc(C#N)c(N3C[C@H]4C[C@H]3CN4C(=O)c3cocn3)n2)cn1. The molecule has 3 aromatic heterocycles. The van der Waals surface area contributed by atoms with Gasteiger partial charge in [-0.1, -0.05) is 0 Å². The van der Waals surface area contributed by atoms with Gasteiger partial charge in [0.25, 0.3) is 5.91 Å². The van der Waals surface area contributed by atoms with Crippen LogP contribution in [0.25, 0.3) is 11.4 Å². The second-order valence-corrected chi connectivity index (χ2v) is 6.97. The molecule has 0 spiro atoms. The lowest BCUT2D eigenvalue weighted by Gasteiger charge is -2.34. The minimum absolute atomic E-state index is 0.0533. The van der Waals surface area contributed by atoms with Gasteiger partial charge in [-0.05, 0) is 6.42 Å². The Labute approximate surface area is 160 Å². The number of fused-ring (bicyclic) bond motifs is 2. The zero-order valence-electron chi connectivity index (χ0n) is 15.1. The van der Waals surface area contributed by atoms with E-state index in [0.29, 0.717) is 36.0 Å². The summed E-state index contributed by atoms with van der Waals surface area (Å²) in [6.07, 6.45) is 8.53. The smallest absolute Gasteiger partial charge is 0.276 e. The number of oxazole rings is 1. The zero-order valence-corrected chi connectivity index (χ0v) is 15.1. The molecule has 0 radical (unpaired) electrons. The number of aromatic nitrogens is 5. The summed E-state index contributed by atoms with van der Waals surface area (Å²) in [4.78, 5) is 29.5. The van der Waals surface area contributed by atoms with Crippen LogP contribution in [0.4, 0.5) is 5.82 Å². The summed E-state index contributed by atoms with van der Waals surface area (Å²) in [5.74, 6) is 1.01. The average molecular weight is 376 g/mol. The van der Waals surface area contributed by atoms with E-state index in [2.05, 4.69) is 31.0 Å². The Morgan fingerprint density at radius 3 is 2.82 bits per heavy atom. The molecular weight excluding hydrogens is 360 g/mol. The van der Waals surface area contributed by atoms with Crippen LogP contribution in [0.15, 0.2) is 35.7 Å². The van der Waals surface area contributed by atoms with Gasteiger partial charge in [-0.15, -0.1) is 0 Å². The molecule has 2 saturated heterocycles. The number of hydrogen-bond acceptors (Lipinski definition) is 8. The van der Waals surface area contributed by atoms with Crippen LogP contribution in [0.5, 0.6) is 0 Å². The number of piperazine rings is 1. The highest BCUT2D eigenvalue weighted by atomic mass is 16.3. The Hall–Kier alpha value is -3.74. The van der Waals surface area contributed by atoms with Crippen LogP contribution in [0.1, 0.15) is 22.5 Å². The van der Waals surface area contributed by atoms with Crippen molar-refractivity contribution in [3.05, 3.63) is 42.5 Å². The van der Waals surface area contributed by atoms with Gasteiger partial charge in [-0.25, -0.2) is 15.0 Å². The summed E-state index contributed by atoms with van der Waals surface area (Å²) >= 11 is 0. The third-order valence-corrected chi connectivity index (χ3v) is 5.28. The van der Waals surface area contributed by atoms with E-state index in [-0.39, 0.29) is 18.0 Å². The lowest BCUT2D eigenvalue weighted by molar-refractivity contribution is 0.0719. The maximum Gasteiger partial charge on any atom is 0.276 e. The van der Waals surface area contributed by atoms with E-state index in [9.17, 15) is 10.1 Å². The van der Waals surface area contributed by atoms with Crippen LogP contribution >= 0.6 is 0 Å². The molecule has 0 saturated carbocycles. The highest BCUT2D eigenvalue weighted by Gasteiger charge is 2.47. The van der Waals surface area contributed by atoms with E-state index in [0.717, 1.165) is 12.0 Å². The van der Waals surface area contributed by atoms with Crippen LogP contribution in [0.2, 0.25) is 0 Å². The first-order valence-electron chi connectivity index (χ1n) is 8.86. The second kappa shape index (κ2) is 6.16. The molecule has 10 heteroatoms. The molecule has 140 valence electrons. The van der Waals surface area contributed by atoms with Gasteiger partial charge < -0.3 is 14.2 Å². The van der Waals surface area contributed by atoms with Crippen molar-refractivity contribution >= 4 is 11.7 Å². The highest BCUT2D eigenvalue weighted by molar-refractivity contribution is 5.92. The number of likely N-dealkylation sites (tertiary alicyclic amines) is 1. The topological polar surface area (TPSA) is 117 Å². The molecule has 2 aliphatic heterocycles. The van der Waals surface area contributed by atoms with Crippen LogP contribution in [-0.2, 0) is 7.05 Å². The average Bonchev–Trinajstić information content (AvgIpc) is 3.50. The van der Waals surface area contributed by atoms with Crippen molar-refractivity contribution in [2.75, 3.05) is 18.0 Å². The Kier molecular flexibility index (Phi) is 3.61. The first-order chi connectivity index (χ1) is 13.6. The van der Waals surface area contributed by atoms with Gasteiger partial charge in [-0.2, -0.15) is 10.4 Å². The van der Waals surface area contributed by atoms with Gasteiger partial charge >= 0.3 is 0 Å². The first kappa shape index (κ1) is 16.4. The monoisotopic (exact) mass is 376 g/mol. The molecule has 0 N–H and O–H groups in total. The van der Waals surface area contributed by atoms with E-state index in [4.69, 9.17) is 4.42 Å². The Morgan fingerprint density at radius 1 is 1.29 bits per heavy atom. The number of nitrogens with zero attached hydrogens (tertiary/aromatic N) is 8. The van der Waals surface area contributed by atoms with Gasteiger partial charge in [0.15, 0.2) is 23.7 Å². The van der Waals surface area contributed by atoms with E-state index >= 15 is 0 Å². The molecule has 5 rings (SSSR count). The van der Waals surface area contributed by atoms with Gasteiger partial charge in [0.1, 0.15) is 17.9 Å². The normalized spacial score (nSPS) is 20.6. The zero-order chi connectivity index (χ0) is 19.3. The molecule has 28 heavy (non-hydrogen) atoms. The number of rotatable bonds is 3. The Balaban J connectivity index is 1.42. The lowest BCUT2D eigenvalue weighted by atomic mass is 10.2. The molecule has 2 fully saturated rings. The summed E-state index contributed by atoms with van der Waals surface area (Å²) in [5.41, 5.74) is 1.53. The van der Waals surface area contributed by atoms with Gasteiger partial charge in [0.2, 0.25) is 0 Å². The number of nitriles is 1. The third kappa shape index (κ3) is 2.51. The van der Waals surface area contributed by atoms with Gasteiger partial charge in [-0.3, -0.25) is 9.48 Å². The summed E-state index contributed by atoms with van der Waals surface area (Å²) in [7, 11) is 1.83. The van der Waals surface area contributed by atoms with Crippen LogP contribution < -0.4 is 4.90 Å². The minimum Gasteiger partial charge on any atom is -0.451 e. The lowest BCUT2D eigenvalue weighted by Crippen LogP contribution is -2.49. The minimum atomic E-state index is -0.125. The van der Waals surface area contributed by atoms with Crippen molar-refractivity contribution in [1.29, 1.82) is 5.26 Å². The predicted molar refractivity (Wildman–Crippen MR) is 96.0 cm³/mol. The molecule has 2 aliphatic rings. The predicted octanol–water partition coefficient (Wildman–Crippen LogP) is 0.840. The number of aryl methyl sites for hydroxylation is 1. The molecule has 0 unspecified atom stereocenters. The van der Waals surface area contributed by atoms with Crippen LogP contribution in [-0.4, -0.2) is 60.7 Å². The number of anilines is 1. The fourth-order valence-corrected chi connectivity index (χ4v) is 3.99. The highest BCUT2D eigenvalue weighted by Crippen LogP contribution is 2.36. The van der Waals surface area contributed by atoms with Gasteiger partial charge in [0.05, 0.1) is 30.0 Å². The van der Waals surface area contributed by atoms with Crippen molar-refractivity contribution in [2.45, 2.75) is 18.5 Å². The van der Waals surface area contributed by atoms with Crippen molar-refractivity contribution in [3.8, 4) is 17.5 Å². The van der Waals surface area contributed by atoms with Crippen molar-refractivity contribution in [2.24, 2.45) is 7.05 Å². The van der Waals surface area contributed by atoms with Crippen LogP contribution in [0.3, 0.4) is 0 Å². The molecule has 0 aromatic carbocycles. The molecule has 3 aromatic rings. The summed E-state index contributed by atoms with van der Waals surface area (Å²) in [5, 5.41) is 13.7. The number of amides is 1. The number of carbonyl (C=O) groups excluding carboxylic acids is 1. The molecule has 0 aliphatic carbocycles. The molecule has 10 nitrogen and oxygen atoms in total. The van der Waals surface area contributed by atoms with Crippen molar-refractivity contribution in [3.63, 3.8) is 0 Å². The standard InChI is InChI=1S/C18H16N8O2/c1-24-6-12(5-22-24)16-20-4-11(3-19)17(23-16)25-7-14-2-13(25)8-26(14)18(27)15-9-28-10-21-15/h4-6,9-10,13-14H,2,7-8H2,1H3/t13-,14+/m0/s1. The van der Waals surface area contributed by atoms with Crippen molar-refractivity contribution in [1.82, 2.24) is 29.6 Å². The molecule has 5 heterocycles. The van der Waals surface area contributed by atoms with Crippen molar-refractivity contribution < 1.29 is 9.21 Å². The maximum absolute atomic E-state index is 12.6. The second-order valence-electron chi connectivity index (χ2n) is 6.97. The first-order valence-corrected chi connectivity index (χ1v) is 8.86. The fourth-order valence-electron chi connectivity index (χ4n) is 3.99. The summed E-state index contributed by atoms with van der Waals surface area (Å²) in [6, 6.07) is 2.34. The Bertz CT molecular complexity index is 1080. The molecule has 1 amide bonds. The number of carbonyl (C=O) groups is 1. The fraction of sp³-hybridized carbons (Fsp3) is 0.333. The van der Waals surface area contributed by atoms with E-state index in [1.165, 1.54) is 12.7 Å². The van der Waals surface area contributed by atoms with E-state index in [1.807, 2.05) is 18.1 Å². The quantitative estimate of drug-likeness (QED) is 0.660. The maximum atomic E-state index is 12.6. The van der Waals surface area contributed by atoms with Gasteiger partial charge in [0, 0.05) is 26.3 Å². The molecular formula is C18H16N8O2. The van der Waals surface area contributed by atoms with Crippen LogP contribution in [0, 0.1) is 11.3 Å². The summed E-state index contributed by atoms with van der Waals surface area (Å²) in [6.45, 7) is 1.18. The largest absolute Gasteiger partial charge is 0.451 e. The van der Waals surface area contributed by atoms with E-state index < -0.39 is 0 Å².